The fourth-order valence-corrected chi connectivity index (χ4v) is 4.37. The first-order valence-electron chi connectivity index (χ1n) is 9.39. The van der Waals surface area contributed by atoms with E-state index in [1.807, 2.05) is 0 Å². The molecule has 1 heterocycles. The van der Waals surface area contributed by atoms with Gasteiger partial charge in [0.05, 0.1) is 6.61 Å². The number of hydrogen-bond acceptors (Lipinski definition) is 3. The molecule has 2 rings (SSSR count). The maximum Gasteiger partial charge on any atom is 0.305 e. The molecule has 1 saturated carbocycles. The summed E-state index contributed by atoms with van der Waals surface area (Å²) in [6.45, 7) is 9.29. The third kappa shape index (κ3) is 5.93. The van der Waals surface area contributed by atoms with Crippen LogP contribution in [0, 0.1) is 22.7 Å². The van der Waals surface area contributed by atoms with Crippen LogP contribution in [-0.2, 0) is 14.3 Å². The maximum atomic E-state index is 12.5. The summed E-state index contributed by atoms with van der Waals surface area (Å²) in [5.74, 6) is 1.76. The molecule has 0 radical (unpaired) electrons. The molecule has 0 N–H and O–H groups in total. The van der Waals surface area contributed by atoms with Gasteiger partial charge in [-0.2, -0.15) is 0 Å². The normalized spacial score (nSPS) is 32.7. The lowest BCUT2D eigenvalue weighted by atomic mass is 9.70. The van der Waals surface area contributed by atoms with Crippen molar-refractivity contribution in [3.8, 4) is 0 Å². The molecule has 2 unspecified atom stereocenters. The van der Waals surface area contributed by atoms with Crippen LogP contribution < -0.4 is 0 Å². The second-order valence-electron chi connectivity index (χ2n) is 9.16. The Kier molecular flexibility index (Phi) is 5.91. The van der Waals surface area contributed by atoms with Crippen molar-refractivity contribution in [1.82, 2.24) is 0 Å². The van der Waals surface area contributed by atoms with E-state index in [4.69, 9.17) is 4.74 Å². The summed E-state index contributed by atoms with van der Waals surface area (Å²) in [6, 6.07) is 0. The third-order valence-electron chi connectivity index (χ3n) is 5.71. The van der Waals surface area contributed by atoms with Crippen LogP contribution >= 0.6 is 0 Å². The van der Waals surface area contributed by atoms with Crippen LogP contribution in [0.1, 0.15) is 85.5 Å². The largest absolute Gasteiger partial charge is 0.466 e. The van der Waals surface area contributed by atoms with Crippen molar-refractivity contribution in [2.24, 2.45) is 22.7 Å². The maximum absolute atomic E-state index is 12.5. The highest BCUT2D eigenvalue weighted by Gasteiger charge is 2.38. The Labute approximate surface area is 141 Å². The van der Waals surface area contributed by atoms with Crippen molar-refractivity contribution >= 4 is 11.8 Å². The van der Waals surface area contributed by atoms with E-state index in [2.05, 4.69) is 27.7 Å². The van der Waals surface area contributed by atoms with Crippen molar-refractivity contribution < 1.29 is 14.3 Å². The number of esters is 1. The van der Waals surface area contributed by atoms with Crippen molar-refractivity contribution in [2.45, 2.75) is 85.5 Å². The van der Waals surface area contributed by atoms with Gasteiger partial charge in [-0.3, -0.25) is 9.59 Å². The van der Waals surface area contributed by atoms with Gasteiger partial charge in [0, 0.05) is 18.3 Å². The monoisotopic (exact) mass is 322 g/mol. The van der Waals surface area contributed by atoms with E-state index in [0.29, 0.717) is 25.9 Å². The number of carbonyl (C=O) groups excluding carboxylic acids is 2. The van der Waals surface area contributed by atoms with E-state index in [1.54, 1.807) is 0 Å². The highest BCUT2D eigenvalue weighted by molar-refractivity contribution is 5.84. The first kappa shape index (κ1) is 18.5. The Balaban J connectivity index is 1.96. The molecule has 2 atom stereocenters. The smallest absolute Gasteiger partial charge is 0.305 e. The van der Waals surface area contributed by atoms with Gasteiger partial charge in [-0.1, -0.05) is 40.5 Å². The zero-order chi connectivity index (χ0) is 17.1. The molecule has 3 heteroatoms. The molecular formula is C20H34O3. The van der Waals surface area contributed by atoms with Crippen LogP contribution in [-0.4, -0.2) is 18.4 Å². The minimum Gasteiger partial charge on any atom is -0.466 e. The zero-order valence-corrected chi connectivity index (χ0v) is 15.5. The predicted molar refractivity (Wildman–Crippen MR) is 92.1 cm³/mol. The van der Waals surface area contributed by atoms with Gasteiger partial charge in [0.1, 0.15) is 5.78 Å². The van der Waals surface area contributed by atoms with Gasteiger partial charge in [-0.25, -0.2) is 0 Å². The second kappa shape index (κ2) is 7.36. The average molecular weight is 322 g/mol. The highest BCUT2D eigenvalue weighted by Crippen LogP contribution is 2.46. The number of carbonyl (C=O) groups is 2. The standard InChI is InChI=1S/C20H34O3/c1-19(2)11-6-7-15-13-16(15)10-12-23-18(22)9-5-8-17(21)20(3,4)14-19/h15-16H,5-14H2,1-4H3. The SMILES string of the molecule is CC1(C)CCCC2CC2CCOC(=O)CCCC(=O)C(C)(C)C1. The molecule has 1 aliphatic carbocycles. The highest BCUT2D eigenvalue weighted by atomic mass is 16.5. The number of ketones is 1. The first-order valence-corrected chi connectivity index (χ1v) is 9.39. The van der Waals surface area contributed by atoms with Crippen LogP contribution in [0.4, 0.5) is 0 Å². The minimum atomic E-state index is -0.299. The summed E-state index contributed by atoms with van der Waals surface area (Å²) < 4.78 is 5.31. The molecule has 1 aliphatic heterocycles. The topological polar surface area (TPSA) is 43.4 Å². The fraction of sp³-hybridized carbons (Fsp3) is 0.900. The van der Waals surface area contributed by atoms with Crippen molar-refractivity contribution in [1.29, 1.82) is 0 Å². The lowest BCUT2D eigenvalue weighted by molar-refractivity contribution is -0.144. The van der Waals surface area contributed by atoms with E-state index in [-0.39, 0.29) is 22.6 Å². The van der Waals surface area contributed by atoms with Crippen LogP contribution in [0.15, 0.2) is 0 Å². The molecule has 0 bridgehead atoms. The molecule has 0 amide bonds. The molecule has 23 heavy (non-hydrogen) atoms. The third-order valence-corrected chi connectivity index (χ3v) is 5.71. The summed E-state index contributed by atoms with van der Waals surface area (Å²) >= 11 is 0. The van der Waals surface area contributed by atoms with E-state index >= 15 is 0 Å². The minimum absolute atomic E-state index is 0.139. The zero-order valence-electron chi connectivity index (χ0n) is 15.5. The van der Waals surface area contributed by atoms with Gasteiger partial charge < -0.3 is 4.74 Å². The summed E-state index contributed by atoms with van der Waals surface area (Å²) in [5, 5.41) is 0. The molecule has 132 valence electrons. The van der Waals surface area contributed by atoms with Gasteiger partial charge in [-0.15, -0.1) is 0 Å². The average Bonchev–Trinajstić information content (AvgIpc) is 3.14. The van der Waals surface area contributed by atoms with E-state index in [9.17, 15) is 9.59 Å². The van der Waals surface area contributed by atoms with Gasteiger partial charge in [0.25, 0.3) is 0 Å². The van der Waals surface area contributed by atoms with Crippen molar-refractivity contribution in [3.05, 3.63) is 0 Å². The molecular weight excluding hydrogens is 288 g/mol. The number of ether oxygens (including phenoxy) is 1. The Morgan fingerprint density at radius 2 is 1.65 bits per heavy atom. The molecule has 2 aliphatic rings. The van der Waals surface area contributed by atoms with Crippen molar-refractivity contribution in [3.63, 3.8) is 0 Å². The van der Waals surface area contributed by atoms with Crippen molar-refractivity contribution in [2.75, 3.05) is 6.61 Å². The molecule has 3 nitrogen and oxygen atoms in total. The number of Topliss-reactive ketones (excluding diaryl/α,β-unsaturated/α-hetero) is 1. The van der Waals surface area contributed by atoms with Crippen LogP contribution in [0.25, 0.3) is 0 Å². The number of rotatable bonds is 0. The first-order chi connectivity index (χ1) is 10.7. The molecule has 0 spiro atoms. The summed E-state index contributed by atoms with van der Waals surface area (Å²) in [7, 11) is 0. The molecule has 0 aromatic heterocycles. The van der Waals surface area contributed by atoms with Crippen LogP contribution in [0.2, 0.25) is 0 Å². The Hall–Kier alpha value is -0.860. The quantitative estimate of drug-likeness (QED) is 0.594. The summed E-state index contributed by atoms with van der Waals surface area (Å²) in [4.78, 5) is 24.3. The Morgan fingerprint density at radius 3 is 2.39 bits per heavy atom. The molecule has 2 fully saturated rings. The fourth-order valence-electron chi connectivity index (χ4n) is 4.37. The van der Waals surface area contributed by atoms with E-state index in [0.717, 1.165) is 24.7 Å². The Bertz CT molecular complexity index is 436. The Morgan fingerprint density at radius 1 is 0.957 bits per heavy atom. The van der Waals surface area contributed by atoms with Gasteiger partial charge in [-0.05, 0) is 49.4 Å². The van der Waals surface area contributed by atoms with E-state index < -0.39 is 0 Å². The summed E-state index contributed by atoms with van der Waals surface area (Å²) in [6.07, 6.45) is 8.47. The van der Waals surface area contributed by atoms with Gasteiger partial charge in [0.15, 0.2) is 0 Å². The lowest BCUT2D eigenvalue weighted by Crippen LogP contribution is -2.31. The number of fused-ring (bicyclic) bond motifs is 1. The van der Waals surface area contributed by atoms with Crippen LogP contribution in [0.3, 0.4) is 0 Å². The number of hydrogen-bond donors (Lipinski definition) is 0. The van der Waals surface area contributed by atoms with Gasteiger partial charge in [0.2, 0.25) is 0 Å². The molecule has 0 aromatic rings. The van der Waals surface area contributed by atoms with Gasteiger partial charge >= 0.3 is 5.97 Å². The van der Waals surface area contributed by atoms with E-state index in [1.165, 1.54) is 25.7 Å². The molecule has 1 saturated heterocycles. The van der Waals surface area contributed by atoms with Crippen LogP contribution in [0.5, 0.6) is 0 Å². The summed E-state index contributed by atoms with van der Waals surface area (Å²) in [5.41, 5.74) is -0.0911. The predicted octanol–water partition coefficient (Wildman–Crippen LogP) is 4.92. The number of cyclic esters (lactones) is 1. The molecule has 0 aromatic carbocycles. The lowest BCUT2D eigenvalue weighted by Gasteiger charge is -2.34. The second-order valence-corrected chi connectivity index (χ2v) is 9.16.